The number of nitrogens with one attached hydrogen (secondary N) is 1. The van der Waals surface area contributed by atoms with Crippen molar-refractivity contribution in [2.75, 3.05) is 69.9 Å². The Kier molecular flexibility index (Phi) is 17.1. The van der Waals surface area contributed by atoms with Crippen LogP contribution in [0.1, 0.15) is 64.4 Å². The molecule has 2 aliphatic rings. The lowest BCUT2D eigenvalue weighted by Gasteiger charge is -2.32. The molecule has 0 fully saturated rings. The van der Waals surface area contributed by atoms with Gasteiger partial charge in [-0.25, -0.2) is 0 Å². The summed E-state index contributed by atoms with van der Waals surface area (Å²) in [6.07, 6.45) is 13.8. The predicted octanol–water partition coefficient (Wildman–Crippen LogP) is 8.54. The maximum absolute atomic E-state index is 12.5. The number of fused-ring (bicyclic) bond motifs is 1. The Morgan fingerprint density at radius 2 is 1.68 bits per heavy atom. The molecule has 0 spiro atoms. The molecule has 1 aliphatic carbocycles. The van der Waals surface area contributed by atoms with E-state index < -0.39 is 10.1 Å². The molecule has 0 radical (unpaired) electrons. The summed E-state index contributed by atoms with van der Waals surface area (Å²) in [5.41, 5.74) is 13.9. The minimum absolute atomic E-state index is 0.0289. The fraction of sp³-hybridized carbons (Fsp3) is 0.468. The number of hydrogen-bond donors (Lipinski definition) is 2. The molecule has 62 heavy (non-hydrogen) atoms. The van der Waals surface area contributed by atoms with Gasteiger partial charge in [-0.05, 0) is 77.9 Å². The quantitative estimate of drug-likeness (QED) is 0.0220. The number of rotatable bonds is 25. The molecule has 15 heteroatoms. The van der Waals surface area contributed by atoms with Crippen LogP contribution in [0.3, 0.4) is 0 Å². The van der Waals surface area contributed by atoms with Gasteiger partial charge in [-0.2, -0.15) is 8.42 Å². The minimum atomic E-state index is -4.07. The third-order valence-corrected chi connectivity index (χ3v) is 13.0. The molecule has 1 amide bonds. The highest BCUT2D eigenvalue weighted by molar-refractivity contribution is 7.85. The monoisotopic (exact) mass is 886 g/mol. The van der Waals surface area contributed by atoms with Gasteiger partial charge in [-0.15, -0.1) is 0 Å². The Balaban J connectivity index is 1.03. The first-order valence-corrected chi connectivity index (χ1v) is 23.6. The minimum Gasteiger partial charge on any atom is -0.379 e. The largest absolute Gasteiger partial charge is 0.379 e. The van der Waals surface area contributed by atoms with Gasteiger partial charge in [-0.3, -0.25) is 9.35 Å². The number of hydrogen-bond acceptors (Lipinski definition) is 8. The molecule has 0 saturated heterocycles. The average molecular weight is 888 g/mol. The molecule has 2 N–H and O–H groups in total. The number of benzene rings is 3. The van der Waals surface area contributed by atoms with Gasteiger partial charge in [0.2, 0.25) is 5.91 Å². The number of allylic oxidation sites excluding steroid dienone is 5. The van der Waals surface area contributed by atoms with Gasteiger partial charge in [0.05, 0.1) is 51.4 Å². The molecule has 13 nitrogen and oxygen atoms in total. The van der Waals surface area contributed by atoms with E-state index in [0.29, 0.717) is 72.1 Å². The fourth-order valence-corrected chi connectivity index (χ4v) is 9.42. The number of amides is 1. The van der Waals surface area contributed by atoms with E-state index in [1.54, 1.807) is 0 Å². The van der Waals surface area contributed by atoms with Crippen molar-refractivity contribution in [2.24, 2.45) is 5.11 Å². The number of azide groups is 1. The third kappa shape index (κ3) is 12.3. The van der Waals surface area contributed by atoms with Gasteiger partial charge >= 0.3 is 0 Å². The topological polar surface area (TPSA) is 168 Å². The van der Waals surface area contributed by atoms with Crippen LogP contribution in [0.15, 0.2) is 100 Å². The number of unbranched alkanes of at least 4 members (excludes halogenated alkanes) is 2. The summed E-state index contributed by atoms with van der Waals surface area (Å²) in [5, 5.41) is 11.4. The fourth-order valence-electron chi connectivity index (χ4n) is 8.61. The number of nitrogens with zero attached hydrogens (tertiary/aromatic N) is 5. The number of carbonyl (C=O) groups is 1. The second kappa shape index (κ2) is 22.6. The maximum Gasteiger partial charge on any atom is 0.264 e. The Morgan fingerprint density at radius 1 is 0.935 bits per heavy atom. The number of anilines is 1. The normalized spacial score (nSPS) is 17.3. The molecule has 1 unspecified atom stereocenters. The van der Waals surface area contributed by atoms with Crippen LogP contribution in [-0.2, 0) is 41.1 Å². The van der Waals surface area contributed by atoms with Crippen molar-refractivity contribution in [2.45, 2.75) is 76.8 Å². The van der Waals surface area contributed by atoms with Crippen LogP contribution in [0.5, 0.6) is 0 Å². The van der Waals surface area contributed by atoms with Crippen molar-refractivity contribution in [3.63, 3.8) is 0 Å². The van der Waals surface area contributed by atoms with E-state index in [4.69, 9.17) is 31.3 Å². The van der Waals surface area contributed by atoms with Crippen molar-refractivity contribution >= 4 is 61.1 Å². The van der Waals surface area contributed by atoms with Gasteiger partial charge in [0.1, 0.15) is 0 Å². The first-order chi connectivity index (χ1) is 30.0. The second-order valence-corrected chi connectivity index (χ2v) is 18.2. The van der Waals surface area contributed by atoms with E-state index in [-0.39, 0.29) is 23.1 Å². The Morgan fingerprint density at radius 3 is 2.45 bits per heavy atom. The second-order valence-electron chi connectivity index (χ2n) is 16.2. The molecule has 0 saturated carbocycles. The van der Waals surface area contributed by atoms with Crippen molar-refractivity contribution < 1.29 is 32.0 Å². The highest BCUT2D eigenvalue weighted by atomic mass is 35.5. The molecule has 0 bridgehead atoms. The predicted molar refractivity (Wildman–Crippen MR) is 248 cm³/mol. The lowest BCUT2D eigenvalue weighted by Crippen LogP contribution is -2.40. The standard InChI is InChI=1S/C47H59ClN6O7S/c1-47(2)39-14-5-6-15-41(39)54(26-7-3-4-17-44(55)50-24-28-59-30-32-61-33-31-60-29-25-51-52-49)43(47)23-21-37-19-18-36(46(37)48)20-22-40-38-13-8-11-35-12-9-16-42(45(35)38)53(40)27-10-34-62(56,57)58/h5-6,8-9,11-16,20-23,43H,3-4,7,10,17-19,24-34H2,1-2H3,(H,50,55)(H,56,57,58)/b23-21+,36-20+,40-22+. The van der Waals surface area contributed by atoms with Crippen LogP contribution in [0.2, 0.25) is 0 Å². The van der Waals surface area contributed by atoms with E-state index >= 15 is 0 Å². The molecule has 6 rings (SSSR count). The molecule has 1 aliphatic heterocycles. The first kappa shape index (κ1) is 46.8. The van der Waals surface area contributed by atoms with Crippen LogP contribution in [0.4, 0.5) is 5.69 Å². The Labute approximate surface area is 369 Å². The lowest BCUT2D eigenvalue weighted by molar-refractivity contribution is -0.121. The zero-order valence-corrected chi connectivity index (χ0v) is 37.4. The van der Waals surface area contributed by atoms with E-state index in [1.807, 2.05) is 12.1 Å². The van der Waals surface area contributed by atoms with Gasteiger partial charge in [0.25, 0.3) is 10.1 Å². The van der Waals surface area contributed by atoms with Crippen molar-refractivity contribution in [1.82, 2.24) is 9.88 Å². The maximum atomic E-state index is 12.5. The van der Waals surface area contributed by atoms with E-state index in [9.17, 15) is 17.8 Å². The Bertz CT molecular complexity index is 2470. The highest BCUT2D eigenvalue weighted by Gasteiger charge is 2.42. The summed E-state index contributed by atoms with van der Waals surface area (Å²) < 4.78 is 50.9. The number of halogens is 1. The van der Waals surface area contributed by atoms with Crippen LogP contribution < -0.4 is 15.6 Å². The molecular formula is C47H59ClN6O7S. The summed E-state index contributed by atoms with van der Waals surface area (Å²) in [7, 11) is -4.07. The van der Waals surface area contributed by atoms with Gasteiger partial charge < -0.3 is 29.0 Å². The van der Waals surface area contributed by atoms with Crippen molar-refractivity contribution in [3.8, 4) is 0 Å². The van der Waals surface area contributed by atoms with Crippen molar-refractivity contribution in [3.05, 3.63) is 116 Å². The third-order valence-electron chi connectivity index (χ3n) is 11.7. The van der Waals surface area contributed by atoms with Crippen LogP contribution >= 0.6 is 11.6 Å². The molecule has 2 heterocycles. The van der Waals surface area contributed by atoms with Crippen LogP contribution in [0, 0.1) is 0 Å². The van der Waals surface area contributed by atoms with Crippen LogP contribution in [0.25, 0.3) is 38.2 Å². The Hall–Kier alpha value is -4.66. The van der Waals surface area contributed by atoms with Gasteiger partial charge in [0.15, 0.2) is 0 Å². The molecule has 3 aromatic carbocycles. The summed E-state index contributed by atoms with van der Waals surface area (Å²) in [6, 6.07) is 21.2. The van der Waals surface area contributed by atoms with E-state index in [0.717, 1.165) is 81.9 Å². The number of para-hydroxylation sites is 1. The van der Waals surface area contributed by atoms with E-state index in [2.05, 4.69) is 111 Å². The smallest absolute Gasteiger partial charge is 0.264 e. The first-order valence-electron chi connectivity index (χ1n) is 21.6. The highest BCUT2D eigenvalue weighted by Crippen LogP contribution is 2.46. The number of ether oxygens (including phenoxy) is 3. The molecular weight excluding hydrogens is 828 g/mol. The summed E-state index contributed by atoms with van der Waals surface area (Å²) in [6.45, 7) is 9.21. The zero-order valence-electron chi connectivity index (χ0n) is 35.8. The number of aryl methyl sites for hydroxylation is 1. The number of carbonyl (C=O) groups excluding carboxylic acids is 1. The summed E-state index contributed by atoms with van der Waals surface area (Å²) in [4.78, 5) is 17.7. The lowest BCUT2D eigenvalue weighted by atomic mass is 9.80. The van der Waals surface area contributed by atoms with Gasteiger partial charge in [0, 0.05) is 75.3 Å². The van der Waals surface area contributed by atoms with E-state index in [1.165, 1.54) is 11.3 Å². The average Bonchev–Trinajstić information content (AvgIpc) is 3.83. The zero-order chi connectivity index (χ0) is 44.0. The molecule has 332 valence electrons. The molecule has 1 atom stereocenters. The molecule has 1 aromatic heterocycles. The van der Waals surface area contributed by atoms with Crippen LogP contribution in [-0.4, -0.2) is 94.5 Å². The van der Waals surface area contributed by atoms with Crippen molar-refractivity contribution in [1.29, 1.82) is 0 Å². The summed E-state index contributed by atoms with van der Waals surface area (Å²) in [5.74, 6) is -0.270. The van der Waals surface area contributed by atoms with Gasteiger partial charge in [-0.1, -0.05) is 104 Å². The SMILES string of the molecule is CC1(C)c2ccccc2N(CCCCCC(=O)NCCOCCOCCOCCN=[N+]=[N-])C1/C=C/C1=C(Cl)C(=C/C=c2\c3cccc4cccc(c43)n2CCCS(=O)(=O)O)/CC1. The summed E-state index contributed by atoms with van der Waals surface area (Å²) >= 11 is 7.14. The number of aromatic nitrogens is 1. The molecule has 4 aromatic rings.